The molecule has 0 spiro atoms. The Morgan fingerprint density at radius 2 is 1.77 bits per heavy atom. The lowest BCUT2D eigenvalue weighted by atomic mass is 10.2. The van der Waals surface area contributed by atoms with Crippen molar-refractivity contribution in [1.29, 1.82) is 0 Å². The summed E-state index contributed by atoms with van der Waals surface area (Å²) in [6.45, 7) is 13.3. The first-order valence-corrected chi connectivity index (χ1v) is 4.47. The highest BCUT2D eigenvalue weighted by molar-refractivity contribution is 5.48. The molecule has 0 atom stereocenters. The maximum absolute atomic E-state index is 3.88. The highest BCUT2D eigenvalue weighted by Crippen LogP contribution is 1.86. The average molecular weight is 175 g/mol. The molecule has 0 amide bonds. The first-order chi connectivity index (χ1) is 6.25. The molecule has 0 aliphatic carbocycles. The van der Waals surface area contributed by atoms with E-state index in [0.717, 1.165) is 16.1 Å². The molecule has 0 saturated carbocycles. The molecule has 0 aliphatic rings. The minimum absolute atomic E-state index is 0.926. The van der Waals surface area contributed by atoms with Crippen LogP contribution in [-0.4, -0.2) is 6.72 Å². The molecule has 0 unspecified atom stereocenters. The molecule has 1 aromatic carbocycles. The third kappa shape index (κ3) is 3.24. The smallest absolute Gasteiger partial charge is 0.0443 e. The number of benzene rings is 1. The summed E-state index contributed by atoms with van der Waals surface area (Å²) in [7, 11) is 0. The maximum atomic E-state index is 3.88. The second-order valence-corrected chi connectivity index (χ2v) is 2.40. The van der Waals surface area contributed by atoms with E-state index in [9.17, 15) is 0 Å². The highest BCUT2D eigenvalue weighted by Gasteiger charge is 1.84. The van der Waals surface area contributed by atoms with Crippen LogP contribution >= 0.6 is 0 Å². The largest absolute Gasteiger partial charge is 0.269 e. The van der Waals surface area contributed by atoms with Crippen molar-refractivity contribution in [3.8, 4) is 0 Å². The molecule has 0 bridgehead atoms. The van der Waals surface area contributed by atoms with Gasteiger partial charge in [-0.05, 0) is 18.9 Å². The molecule has 1 rings (SSSR count). The summed E-state index contributed by atoms with van der Waals surface area (Å²) >= 11 is 0. The molecule has 13 heavy (non-hydrogen) atoms. The fourth-order valence-corrected chi connectivity index (χ4v) is 0.958. The van der Waals surface area contributed by atoms with Gasteiger partial charge in [0.2, 0.25) is 0 Å². The molecule has 0 saturated heterocycles. The Morgan fingerprint density at radius 1 is 1.23 bits per heavy atom. The van der Waals surface area contributed by atoms with Crippen molar-refractivity contribution in [3.05, 3.63) is 34.7 Å². The summed E-state index contributed by atoms with van der Waals surface area (Å²) in [6.07, 6.45) is 0. The molecule has 0 aromatic heterocycles. The molecule has 0 radical (unpaired) electrons. The minimum atomic E-state index is 0.926. The first-order valence-electron chi connectivity index (χ1n) is 4.47. The van der Waals surface area contributed by atoms with Crippen LogP contribution < -0.4 is 10.4 Å². The van der Waals surface area contributed by atoms with Crippen LogP contribution in [0.15, 0.2) is 29.3 Å². The second-order valence-electron chi connectivity index (χ2n) is 2.40. The van der Waals surface area contributed by atoms with Crippen LogP contribution in [0.3, 0.4) is 0 Å². The molecule has 0 heterocycles. The molecule has 0 N–H and O–H groups in total. The Hall–Kier alpha value is -1.37. The summed E-state index contributed by atoms with van der Waals surface area (Å²) in [5.41, 5.74) is 0.926. The molecular formula is C12H17N. The molecule has 1 aromatic rings. The highest BCUT2D eigenvalue weighted by atomic mass is 14.7. The zero-order valence-electron chi connectivity index (χ0n) is 8.67. The minimum Gasteiger partial charge on any atom is -0.269 e. The van der Waals surface area contributed by atoms with Gasteiger partial charge >= 0.3 is 0 Å². The van der Waals surface area contributed by atoms with Crippen molar-refractivity contribution >= 4 is 19.0 Å². The lowest BCUT2D eigenvalue weighted by molar-refractivity contribution is 1.41. The zero-order valence-corrected chi connectivity index (χ0v) is 8.67. The Labute approximate surface area is 80.1 Å². The summed E-state index contributed by atoms with van der Waals surface area (Å²) in [6, 6.07) is 7.89. The maximum Gasteiger partial charge on any atom is 0.0443 e. The average Bonchev–Trinajstić information content (AvgIpc) is 2.20. The third-order valence-electron chi connectivity index (χ3n) is 1.64. The van der Waals surface area contributed by atoms with E-state index in [0.29, 0.717) is 0 Å². The second kappa shape index (κ2) is 6.18. The Bertz CT molecular complexity index is 363. The van der Waals surface area contributed by atoms with E-state index < -0.39 is 0 Å². The van der Waals surface area contributed by atoms with Gasteiger partial charge in [-0.15, -0.1) is 0 Å². The topological polar surface area (TPSA) is 12.4 Å². The van der Waals surface area contributed by atoms with E-state index in [4.69, 9.17) is 0 Å². The van der Waals surface area contributed by atoms with Gasteiger partial charge < -0.3 is 0 Å². The molecule has 0 fully saturated rings. The van der Waals surface area contributed by atoms with Crippen molar-refractivity contribution in [3.63, 3.8) is 0 Å². The van der Waals surface area contributed by atoms with Crippen LogP contribution in [0.5, 0.6) is 0 Å². The van der Waals surface area contributed by atoms with Gasteiger partial charge in [-0.3, -0.25) is 4.99 Å². The van der Waals surface area contributed by atoms with Crippen LogP contribution in [0, 0.1) is 0 Å². The van der Waals surface area contributed by atoms with Gasteiger partial charge in [-0.25, -0.2) is 0 Å². The van der Waals surface area contributed by atoms with Gasteiger partial charge in [0.05, 0.1) is 0 Å². The van der Waals surface area contributed by atoms with Gasteiger partial charge in [0.25, 0.3) is 0 Å². The van der Waals surface area contributed by atoms with E-state index in [1.165, 1.54) is 0 Å². The summed E-state index contributed by atoms with van der Waals surface area (Å²) in [5.74, 6) is 0. The molecule has 1 nitrogen and oxygen atoms in total. The van der Waals surface area contributed by atoms with E-state index in [1.807, 2.05) is 45.0 Å². The zero-order chi connectivity index (χ0) is 10.3. The number of hydrogen-bond donors (Lipinski definition) is 0. The van der Waals surface area contributed by atoms with Crippen molar-refractivity contribution in [2.75, 3.05) is 0 Å². The summed E-state index contributed by atoms with van der Waals surface area (Å²) in [5, 5.41) is 2.07. The van der Waals surface area contributed by atoms with Gasteiger partial charge in [-0.2, -0.15) is 0 Å². The Kier molecular flexibility index (Phi) is 5.53. The van der Waals surface area contributed by atoms with Crippen LogP contribution in [0.25, 0.3) is 12.3 Å². The fourth-order valence-electron chi connectivity index (χ4n) is 0.958. The summed E-state index contributed by atoms with van der Waals surface area (Å²) < 4.78 is 0. The van der Waals surface area contributed by atoms with Crippen molar-refractivity contribution in [1.82, 2.24) is 0 Å². The van der Waals surface area contributed by atoms with Crippen molar-refractivity contribution in [2.24, 2.45) is 4.99 Å². The fraction of sp³-hybridized carbons (Fsp3) is 0.250. The molecule has 1 heteroatoms. The molecule has 0 aliphatic heterocycles. The molecule has 70 valence electrons. The SMILES string of the molecule is C=N/C(C)=c1/ccccc1=C.CC. The number of nitrogens with zero attached hydrogens (tertiary/aromatic N) is 1. The Morgan fingerprint density at radius 3 is 2.23 bits per heavy atom. The number of rotatable bonds is 1. The number of hydrogen-bond acceptors (Lipinski definition) is 1. The van der Waals surface area contributed by atoms with E-state index in [1.54, 1.807) is 0 Å². The van der Waals surface area contributed by atoms with E-state index in [-0.39, 0.29) is 0 Å². The quantitative estimate of drug-likeness (QED) is 0.578. The van der Waals surface area contributed by atoms with Gasteiger partial charge in [0, 0.05) is 10.9 Å². The van der Waals surface area contributed by atoms with Gasteiger partial charge in [0.15, 0.2) is 0 Å². The lowest BCUT2D eigenvalue weighted by Gasteiger charge is -1.90. The molecular weight excluding hydrogens is 158 g/mol. The van der Waals surface area contributed by atoms with E-state index in [2.05, 4.69) is 18.3 Å². The summed E-state index contributed by atoms with van der Waals surface area (Å²) in [4.78, 5) is 3.85. The predicted molar refractivity (Wildman–Crippen MR) is 61.2 cm³/mol. The van der Waals surface area contributed by atoms with Crippen LogP contribution in [0.1, 0.15) is 20.8 Å². The van der Waals surface area contributed by atoms with Gasteiger partial charge in [-0.1, -0.05) is 44.7 Å². The van der Waals surface area contributed by atoms with Crippen molar-refractivity contribution in [2.45, 2.75) is 20.8 Å². The number of aliphatic imine (C=N–C) groups is 1. The van der Waals surface area contributed by atoms with Gasteiger partial charge in [0.1, 0.15) is 0 Å². The van der Waals surface area contributed by atoms with Crippen LogP contribution in [0.4, 0.5) is 0 Å². The Balaban J connectivity index is 0.000000671. The first kappa shape index (κ1) is 11.6. The van der Waals surface area contributed by atoms with Crippen LogP contribution in [0.2, 0.25) is 0 Å². The standard InChI is InChI=1S/C10H11N.C2H6/c1-8-6-4-5-7-10(8)9(2)11-3;1-2/h4-7H,1,3H2,2H3;1-2H3/b10-9-;. The third-order valence-corrected chi connectivity index (χ3v) is 1.64. The van der Waals surface area contributed by atoms with E-state index >= 15 is 0 Å². The van der Waals surface area contributed by atoms with Crippen molar-refractivity contribution < 1.29 is 0 Å². The van der Waals surface area contributed by atoms with Crippen LogP contribution in [-0.2, 0) is 0 Å². The monoisotopic (exact) mass is 175 g/mol. The normalized spacial score (nSPS) is 11.0. The predicted octanol–water partition coefficient (Wildman–Crippen LogP) is 1.95. The lowest BCUT2D eigenvalue weighted by Crippen LogP contribution is -2.23.